The summed E-state index contributed by atoms with van der Waals surface area (Å²) < 4.78 is 23.2. The molecule has 1 aromatic rings. The van der Waals surface area contributed by atoms with E-state index in [-0.39, 0.29) is 5.75 Å². The van der Waals surface area contributed by atoms with Crippen molar-refractivity contribution in [3.63, 3.8) is 0 Å². The van der Waals surface area contributed by atoms with Crippen LogP contribution in [0.5, 0.6) is 0 Å². The Bertz CT molecular complexity index is 501. The highest BCUT2D eigenvalue weighted by Crippen LogP contribution is 2.26. The van der Waals surface area contributed by atoms with Crippen LogP contribution in [-0.4, -0.2) is 19.4 Å². The normalized spacial score (nSPS) is 20.2. The minimum absolute atomic E-state index is 0.130. The first-order valence-corrected chi connectivity index (χ1v) is 6.20. The summed E-state index contributed by atoms with van der Waals surface area (Å²) in [4.78, 5) is 0. The largest absolute Gasteiger partial charge is 0.410 e. The molecule has 4 nitrogen and oxygen atoms in total. The fourth-order valence-corrected chi connectivity index (χ4v) is 4.26. The summed E-state index contributed by atoms with van der Waals surface area (Å²) >= 11 is 1.18. The third-order valence-electron chi connectivity index (χ3n) is 1.97. The second-order valence-electron chi connectivity index (χ2n) is 2.74. The van der Waals surface area contributed by atoms with Crippen molar-refractivity contribution in [2.75, 3.05) is 5.75 Å². The summed E-state index contributed by atoms with van der Waals surface area (Å²) in [7, 11) is -3.09. The minimum Gasteiger partial charge on any atom is -0.410 e. The highest BCUT2D eigenvalue weighted by atomic mass is 32.2. The van der Waals surface area contributed by atoms with Crippen molar-refractivity contribution in [2.24, 2.45) is 5.16 Å². The summed E-state index contributed by atoms with van der Waals surface area (Å²) in [6.45, 7) is 0. The summed E-state index contributed by atoms with van der Waals surface area (Å²) in [5.74, 6) is 0.130. The van der Waals surface area contributed by atoms with E-state index in [0.29, 0.717) is 21.6 Å². The van der Waals surface area contributed by atoms with Gasteiger partial charge in [-0.25, -0.2) is 8.42 Å². The summed E-state index contributed by atoms with van der Waals surface area (Å²) in [5, 5.41) is 13.6. The zero-order valence-corrected chi connectivity index (χ0v) is 8.23. The lowest BCUT2D eigenvalue weighted by atomic mass is 10.2. The average molecular weight is 217 g/mol. The zero-order chi connectivity index (χ0) is 9.47. The fourth-order valence-electron chi connectivity index (χ4n) is 1.35. The van der Waals surface area contributed by atoms with Gasteiger partial charge in [-0.05, 0) is 17.9 Å². The van der Waals surface area contributed by atoms with Gasteiger partial charge in [0.15, 0.2) is 9.84 Å². The van der Waals surface area contributed by atoms with Crippen LogP contribution in [-0.2, 0) is 16.3 Å². The third kappa shape index (κ3) is 1.26. The Labute approximate surface area is 79.1 Å². The molecule has 1 aliphatic heterocycles. The maximum absolute atomic E-state index is 11.4. The van der Waals surface area contributed by atoms with E-state index in [0.717, 1.165) is 0 Å². The van der Waals surface area contributed by atoms with Crippen LogP contribution in [0.3, 0.4) is 0 Å². The molecule has 0 saturated heterocycles. The molecule has 0 saturated carbocycles. The quantitative estimate of drug-likeness (QED) is 0.504. The number of rotatable bonds is 0. The maximum atomic E-state index is 11.4. The first kappa shape index (κ1) is 8.71. The summed E-state index contributed by atoms with van der Waals surface area (Å²) in [6, 6.07) is 1.62. The predicted molar refractivity (Wildman–Crippen MR) is 47.4 cm³/mol. The summed E-state index contributed by atoms with van der Waals surface area (Å²) in [5.41, 5.74) is 0.648. The number of hydrogen-bond acceptors (Lipinski definition) is 5. The van der Waals surface area contributed by atoms with E-state index in [1.807, 2.05) is 0 Å². The number of sulfone groups is 1. The molecule has 1 N–H and O–H groups in total. The van der Waals surface area contributed by atoms with Crippen LogP contribution in [0.1, 0.15) is 5.56 Å². The van der Waals surface area contributed by atoms with Crippen LogP contribution in [0.25, 0.3) is 0 Å². The maximum Gasteiger partial charge on any atom is 0.188 e. The number of nitrogens with zero attached hydrogens (tertiary/aromatic N) is 1. The fraction of sp³-hybridized carbons (Fsp3) is 0.286. The van der Waals surface area contributed by atoms with Gasteiger partial charge in [0.25, 0.3) is 0 Å². The van der Waals surface area contributed by atoms with E-state index in [4.69, 9.17) is 5.21 Å². The van der Waals surface area contributed by atoms with Crippen molar-refractivity contribution < 1.29 is 13.6 Å². The molecule has 0 unspecified atom stereocenters. The molecule has 0 aliphatic carbocycles. The monoisotopic (exact) mass is 217 g/mol. The van der Waals surface area contributed by atoms with Gasteiger partial charge < -0.3 is 5.21 Å². The zero-order valence-electron chi connectivity index (χ0n) is 6.60. The van der Waals surface area contributed by atoms with E-state index in [1.165, 1.54) is 11.3 Å². The SMILES string of the molecule is O=S1(=O)CCc2c1scc/c2=N\O. The Balaban J connectivity index is 2.85. The lowest BCUT2D eigenvalue weighted by Crippen LogP contribution is -2.07. The molecule has 70 valence electrons. The van der Waals surface area contributed by atoms with E-state index in [1.54, 1.807) is 11.4 Å². The van der Waals surface area contributed by atoms with Gasteiger partial charge in [0.05, 0.1) is 5.75 Å². The van der Waals surface area contributed by atoms with Crippen molar-refractivity contribution in [1.82, 2.24) is 0 Å². The van der Waals surface area contributed by atoms with E-state index in [9.17, 15) is 8.42 Å². The Hall–Kier alpha value is -0.880. The van der Waals surface area contributed by atoms with E-state index < -0.39 is 9.84 Å². The molecular weight excluding hydrogens is 210 g/mol. The van der Waals surface area contributed by atoms with Gasteiger partial charge >= 0.3 is 0 Å². The second-order valence-corrected chi connectivity index (χ2v) is 5.96. The highest BCUT2D eigenvalue weighted by molar-refractivity contribution is 7.93. The van der Waals surface area contributed by atoms with Crippen LogP contribution in [0, 0.1) is 0 Å². The number of fused-ring (bicyclic) bond motifs is 1. The molecule has 2 rings (SSSR count). The van der Waals surface area contributed by atoms with Gasteiger partial charge in [0.2, 0.25) is 0 Å². The van der Waals surface area contributed by atoms with E-state index in [2.05, 4.69) is 5.16 Å². The molecule has 13 heavy (non-hydrogen) atoms. The Morgan fingerprint density at radius 1 is 1.54 bits per heavy atom. The molecule has 1 aliphatic rings. The molecule has 0 amide bonds. The summed E-state index contributed by atoms with van der Waals surface area (Å²) in [6.07, 6.45) is 0.453. The Kier molecular flexibility index (Phi) is 1.88. The van der Waals surface area contributed by atoms with Gasteiger partial charge in [-0.3, -0.25) is 0 Å². The topological polar surface area (TPSA) is 66.7 Å². The average Bonchev–Trinajstić information content (AvgIpc) is 2.43. The van der Waals surface area contributed by atoms with Crippen LogP contribution in [0.15, 0.2) is 20.8 Å². The molecule has 0 atom stereocenters. The third-order valence-corrected chi connectivity index (χ3v) is 5.30. The first-order valence-electron chi connectivity index (χ1n) is 3.67. The number of hydrogen-bond donors (Lipinski definition) is 1. The van der Waals surface area contributed by atoms with Crippen molar-refractivity contribution in [1.29, 1.82) is 0 Å². The second kappa shape index (κ2) is 2.81. The minimum atomic E-state index is -3.09. The van der Waals surface area contributed by atoms with Crippen LogP contribution in [0.4, 0.5) is 0 Å². The van der Waals surface area contributed by atoms with Gasteiger partial charge in [0.1, 0.15) is 9.57 Å². The molecule has 1 aromatic heterocycles. The predicted octanol–water partition coefficient (Wildman–Crippen LogP) is 0.368. The standard InChI is InChI=1S/C7H7NO3S2/c9-8-6-1-3-12-7-5(6)2-4-13(7,10)11/h1,3,9H,2,4H2/b8-6+. The molecule has 0 bridgehead atoms. The Morgan fingerprint density at radius 2 is 2.31 bits per heavy atom. The van der Waals surface area contributed by atoms with Gasteiger partial charge in [-0.2, -0.15) is 0 Å². The molecular formula is C7H7NO3S2. The van der Waals surface area contributed by atoms with Crippen molar-refractivity contribution >= 4 is 21.2 Å². The molecule has 0 fully saturated rings. The first-order chi connectivity index (χ1) is 6.15. The lowest BCUT2D eigenvalue weighted by Gasteiger charge is -1.94. The van der Waals surface area contributed by atoms with Crippen molar-refractivity contribution in [3.05, 3.63) is 22.4 Å². The molecule has 0 spiro atoms. The smallest absolute Gasteiger partial charge is 0.188 e. The van der Waals surface area contributed by atoms with Crippen LogP contribution in [0.2, 0.25) is 0 Å². The van der Waals surface area contributed by atoms with Gasteiger partial charge in [0, 0.05) is 5.56 Å². The molecule has 0 radical (unpaired) electrons. The highest BCUT2D eigenvalue weighted by Gasteiger charge is 2.27. The Morgan fingerprint density at radius 3 is 3.00 bits per heavy atom. The van der Waals surface area contributed by atoms with Crippen molar-refractivity contribution in [3.8, 4) is 0 Å². The lowest BCUT2D eigenvalue weighted by molar-refractivity contribution is 0.301. The van der Waals surface area contributed by atoms with Crippen molar-refractivity contribution in [2.45, 2.75) is 10.6 Å². The molecule has 2 heterocycles. The van der Waals surface area contributed by atoms with Gasteiger partial charge in [-0.15, -0.1) is 11.3 Å². The van der Waals surface area contributed by atoms with E-state index >= 15 is 0 Å². The van der Waals surface area contributed by atoms with Gasteiger partial charge in [-0.1, -0.05) is 5.16 Å². The molecule has 6 heteroatoms. The molecule has 0 aromatic carbocycles. The van der Waals surface area contributed by atoms with Crippen LogP contribution >= 0.6 is 11.3 Å². The van der Waals surface area contributed by atoms with Crippen LogP contribution < -0.4 is 5.36 Å².